The first-order valence-electron chi connectivity index (χ1n) is 21.4. The molecule has 0 unspecified atom stereocenters. The summed E-state index contributed by atoms with van der Waals surface area (Å²) in [5.74, 6) is -1.02. The van der Waals surface area contributed by atoms with Gasteiger partial charge >= 0.3 is 0 Å². The lowest BCUT2D eigenvalue weighted by Gasteiger charge is -2.32. The SMILES string of the molecule is [2H]C([2H])([2H])N1CCN(C([2H])([2H])C([2H])([2H])C([2H])([2H])Oc2cc3nccc(Oc4ccc(CC(=O)Cc5cc(C(C)(C)C)nn5C5CCCC5)c(Cl)c4)c3cc2C(N)=O)CC1. The number of hydrogen-bond acceptors (Lipinski definition) is 8. The van der Waals surface area contributed by atoms with Gasteiger partial charge in [0.05, 0.1) is 32.1 Å². The van der Waals surface area contributed by atoms with E-state index < -0.39 is 38.1 Å². The zero-order valence-corrected chi connectivity index (χ0v) is 29.3. The average molecular weight is 710 g/mol. The van der Waals surface area contributed by atoms with Crippen LogP contribution in [0.3, 0.4) is 0 Å². The predicted octanol–water partition coefficient (Wildman–Crippen LogP) is 6.76. The molecule has 50 heavy (non-hydrogen) atoms. The number of fused-ring (bicyclic) bond motifs is 1. The Morgan fingerprint density at radius 3 is 2.52 bits per heavy atom. The largest absolute Gasteiger partial charge is 0.493 e. The molecule has 10 nitrogen and oxygen atoms in total. The maximum Gasteiger partial charge on any atom is 0.252 e. The van der Waals surface area contributed by atoms with Gasteiger partial charge in [-0.05, 0) is 62.1 Å². The van der Waals surface area contributed by atoms with E-state index in [2.05, 4.69) is 25.8 Å². The smallest absolute Gasteiger partial charge is 0.252 e. The Morgan fingerprint density at radius 1 is 1.04 bits per heavy atom. The molecule has 4 aromatic rings. The molecule has 1 saturated carbocycles. The summed E-state index contributed by atoms with van der Waals surface area (Å²) in [6, 6.07) is 11.2. The van der Waals surface area contributed by atoms with Crippen molar-refractivity contribution < 1.29 is 31.4 Å². The van der Waals surface area contributed by atoms with Crippen molar-refractivity contribution >= 4 is 34.2 Å². The van der Waals surface area contributed by atoms with Crippen LogP contribution in [0.4, 0.5) is 0 Å². The number of likely N-dealkylation sites (N-methyl/N-ethyl adjacent to an activating group) is 1. The molecule has 1 aliphatic carbocycles. The molecule has 6 rings (SSSR count). The number of amides is 1. The monoisotopic (exact) mass is 709 g/mol. The molecule has 2 aliphatic rings. The van der Waals surface area contributed by atoms with Crippen molar-refractivity contribution in [2.45, 2.75) is 77.1 Å². The highest BCUT2D eigenvalue weighted by atomic mass is 35.5. The van der Waals surface area contributed by atoms with Crippen LogP contribution in [-0.2, 0) is 23.1 Å². The molecule has 1 saturated heterocycles. The fourth-order valence-electron chi connectivity index (χ4n) is 6.25. The molecule has 2 N–H and O–H groups in total. The van der Waals surface area contributed by atoms with Crippen molar-refractivity contribution in [3.63, 3.8) is 0 Å². The summed E-state index contributed by atoms with van der Waals surface area (Å²) in [5.41, 5.74) is 7.80. The number of rotatable bonds is 13. The molecule has 11 heteroatoms. The maximum absolute atomic E-state index is 13.4. The second kappa shape index (κ2) is 15.5. The normalized spacial score (nSPS) is 20.0. The third-order valence-electron chi connectivity index (χ3n) is 9.04. The van der Waals surface area contributed by atoms with Gasteiger partial charge in [-0.3, -0.25) is 19.3 Å². The van der Waals surface area contributed by atoms with E-state index in [0.717, 1.165) is 46.9 Å². The number of pyridine rings is 1. The third-order valence-corrected chi connectivity index (χ3v) is 9.40. The molecule has 1 aliphatic heterocycles. The number of nitrogens with zero attached hydrogens (tertiary/aromatic N) is 5. The Balaban J connectivity index is 1.19. The Labute approximate surface area is 312 Å². The van der Waals surface area contributed by atoms with E-state index in [1.165, 1.54) is 24.4 Å². The Morgan fingerprint density at radius 2 is 1.82 bits per heavy atom. The molecule has 0 bridgehead atoms. The highest BCUT2D eigenvalue weighted by Gasteiger charge is 2.26. The minimum absolute atomic E-state index is 0.0141. The number of benzene rings is 2. The van der Waals surface area contributed by atoms with E-state index in [1.54, 1.807) is 18.2 Å². The fourth-order valence-corrected chi connectivity index (χ4v) is 6.49. The number of ketones is 1. The Hall–Kier alpha value is -3.99. The van der Waals surface area contributed by atoms with E-state index in [-0.39, 0.29) is 78.5 Å². The molecule has 2 fully saturated rings. The van der Waals surface area contributed by atoms with Crippen molar-refractivity contribution in [3.05, 3.63) is 76.2 Å². The van der Waals surface area contributed by atoms with Crippen molar-refractivity contribution in [3.8, 4) is 17.2 Å². The fraction of sp³-hybridized carbons (Fsp3) is 0.487. The Kier molecular flexibility index (Phi) is 8.02. The summed E-state index contributed by atoms with van der Waals surface area (Å²) in [4.78, 5) is 32.6. The van der Waals surface area contributed by atoms with E-state index >= 15 is 0 Å². The average Bonchev–Trinajstić information content (AvgIpc) is 3.83. The number of carbonyl (C=O) groups is 2. The van der Waals surface area contributed by atoms with Gasteiger partial charge in [-0.15, -0.1) is 0 Å². The van der Waals surface area contributed by atoms with Crippen molar-refractivity contribution in [1.82, 2.24) is 24.6 Å². The minimum atomic E-state index is -3.38. The Bertz CT molecular complexity index is 2210. The van der Waals surface area contributed by atoms with Gasteiger partial charge in [-0.1, -0.05) is 51.3 Å². The van der Waals surface area contributed by atoms with E-state index in [9.17, 15) is 9.59 Å². The summed E-state index contributed by atoms with van der Waals surface area (Å²) in [6.07, 6.45) is 2.72. The summed E-state index contributed by atoms with van der Waals surface area (Å²) in [6.45, 7) is -3.00. The van der Waals surface area contributed by atoms with Crippen LogP contribution in [0, 0.1) is 0 Å². The summed E-state index contributed by atoms with van der Waals surface area (Å²) < 4.78 is 88.2. The van der Waals surface area contributed by atoms with E-state index in [1.807, 2.05) is 10.7 Å². The molecule has 3 heterocycles. The number of primary amides is 1. The summed E-state index contributed by atoms with van der Waals surface area (Å²) in [7, 11) is 0. The molecule has 1 amide bonds. The third kappa shape index (κ3) is 8.65. The first-order valence-corrected chi connectivity index (χ1v) is 17.3. The first kappa shape index (κ1) is 25.9. The molecule has 0 spiro atoms. The van der Waals surface area contributed by atoms with Gasteiger partial charge in [0.15, 0.2) is 0 Å². The van der Waals surface area contributed by atoms with Crippen molar-refractivity contribution in [2.75, 3.05) is 46.2 Å². The van der Waals surface area contributed by atoms with Gasteiger partial charge in [-0.2, -0.15) is 5.10 Å². The van der Waals surface area contributed by atoms with Gasteiger partial charge in [-0.25, -0.2) is 0 Å². The number of nitrogens with two attached hydrogens (primary N) is 1. The minimum Gasteiger partial charge on any atom is -0.493 e. The molecule has 0 atom stereocenters. The van der Waals surface area contributed by atoms with Crippen molar-refractivity contribution in [2.24, 2.45) is 5.73 Å². The lowest BCUT2D eigenvalue weighted by molar-refractivity contribution is -0.117. The van der Waals surface area contributed by atoms with Crippen molar-refractivity contribution in [1.29, 1.82) is 0 Å². The molecule has 2 aromatic heterocycles. The number of ether oxygens (including phenoxy) is 2. The standard InChI is InChI=1S/C39H49ClN6O4/c1-39(2,3)37-22-28(46(43-37)27-8-5-6-9-27)21-29(47)20-26-10-11-30(23-33(26)40)50-35-12-13-42-34-25-36(32(38(41)48)24-31(34)35)49-19-7-14-45-17-15-44(4)16-18-45/h10-13,22-25,27H,5-9,14-21H2,1-4H3,(H2,41,48)/i4D3,7D2,14D2,19D2. The molecular formula is C39H49ClN6O4. The number of halogens is 1. The highest BCUT2D eigenvalue weighted by molar-refractivity contribution is 6.31. The van der Waals surface area contributed by atoms with Gasteiger partial charge in [0.1, 0.15) is 23.0 Å². The van der Waals surface area contributed by atoms with Crippen LogP contribution in [-0.4, -0.2) is 82.5 Å². The van der Waals surface area contributed by atoms with Gasteiger partial charge in [0, 0.05) is 88.9 Å². The van der Waals surface area contributed by atoms with Crippen LogP contribution < -0.4 is 15.2 Å². The van der Waals surface area contributed by atoms with Crippen LogP contribution in [0.15, 0.2) is 48.7 Å². The van der Waals surface area contributed by atoms with Gasteiger partial charge in [0.25, 0.3) is 5.91 Å². The highest BCUT2D eigenvalue weighted by Crippen LogP contribution is 2.36. The van der Waals surface area contributed by atoms with Gasteiger partial charge < -0.3 is 25.0 Å². The number of piperazine rings is 1. The molecule has 266 valence electrons. The topological polar surface area (TPSA) is 116 Å². The lowest BCUT2D eigenvalue weighted by Crippen LogP contribution is -2.44. The number of aromatic nitrogens is 3. The number of Topliss-reactive ketones (excluding diaryl/α,β-unsaturated/α-hetero) is 1. The summed E-state index contributed by atoms with van der Waals surface area (Å²) >= 11 is 6.69. The van der Waals surface area contributed by atoms with Crippen LogP contribution in [0.25, 0.3) is 10.9 Å². The van der Waals surface area contributed by atoms with Crippen LogP contribution >= 0.6 is 11.6 Å². The number of hydrogen-bond donors (Lipinski definition) is 1. The number of carbonyl (C=O) groups excluding carboxylic acids is 2. The first-order chi connectivity index (χ1) is 27.4. The summed E-state index contributed by atoms with van der Waals surface area (Å²) in [5, 5.41) is 5.49. The molecular weight excluding hydrogens is 652 g/mol. The van der Waals surface area contributed by atoms with Gasteiger partial charge in [0.2, 0.25) is 0 Å². The van der Waals surface area contributed by atoms with Crippen LogP contribution in [0.5, 0.6) is 17.2 Å². The van der Waals surface area contributed by atoms with Crippen LogP contribution in [0.1, 0.15) is 98.5 Å². The quantitative estimate of drug-likeness (QED) is 0.162. The van der Waals surface area contributed by atoms with Crippen LogP contribution in [0.2, 0.25) is 5.02 Å². The molecule has 0 radical (unpaired) electrons. The lowest BCUT2D eigenvalue weighted by atomic mass is 9.92. The zero-order valence-electron chi connectivity index (χ0n) is 37.6. The zero-order chi connectivity index (χ0) is 43.3. The molecule has 2 aromatic carbocycles. The predicted molar refractivity (Wildman–Crippen MR) is 197 cm³/mol. The second-order valence-corrected chi connectivity index (χ2v) is 14.3. The second-order valence-electron chi connectivity index (χ2n) is 13.9. The van der Waals surface area contributed by atoms with E-state index in [0.29, 0.717) is 16.3 Å². The van der Waals surface area contributed by atoms with E-state index in [4.69, 9.17) is 44.2 Å². The maximum atomic E-state index is 13.4.